The quantitative estimate of drug-likeness (QED) is 0.271. The molecule has 3 atom stereocenters. The monoisotopic (exact) mass is 586 g/mol. The number of likely N-dealkylation sites (tertiary alicyclic amines) is 1. The smallest absolute Gasteiger partial charge is 0.446 e. The third-order valence-corrected chi connectivity index (χ3v) is 8.76. The number of alkyl halides is 4. The number of amides is 3. The fraction of sp³-hybridized carbons (Fsp3) is 0.478. The number of nitrogens with one attached hydrogen (secondary N) is 3. The summed E-state index contributed by atoms with van der Waals surface area (Å²) in [4.78, 5) is 29.3. The number of piperidine rings is 1. The lowest BCUT2D eigenvalue weighted by atomic mass is 10.0. The van der Waals surface area contributed by atoms with Gasteiger partial charge in [0.05, 0.1) is 27.9 Å². The van der Waals surface area contributed by atoms with Crippen molar-refractivity contribution in [3.8, 4) is 10.7 Å². The van der Waals surface area contributed by atoms with Gasteiger partial charge in [-0.3, -0.25) is 0 Å². The highest BCUT2D eigenvalue weighted by molar-refractivity contribution is 8.00. The van der Waals surface area contributed by atoms with Crippen LogP contribution in [0, 0.1) is 0 Å². The van der Waals surface area contributed by atoms with E-state index in [-0.39, 0.29) is 52.4 Å². The zero-order valence-corrected chi connectivity index (χ0v) is 21.7. The highest BCUT2D eigenvalue weighted by atomic mass is 32.2. The molecule has 3 aliphatic rings. The number of hydrogen-bond acceptors (Lipinski definition) is 9. The van der Waals surface area contributed by atoms with Crippen LogP contribution in [0.15, 0.2) is 27.6 Å². The van der Waals surface area contributed by atoms with E-state index in [0.29, 0.717) is 28.7 Å². The first-order chi connectivity index (χ1) is 18.6. The molecule has 208 valence electrons. The van der Waals surface area contributed by atoms with E-state index in [1.807, 2.05) is 0 Å². The number of anilines is 1. The molecule has 16 heteroatoms. The number of nitrogens with zero attached hydrogens (tertiary/aromatic N) is 3. The summed E-state index contributed by atoms with van der Waals surface area (Å²) < 4.78 is 66.9. The molecule has 2 aliphatic heterocycles. The van der Waals surface area contributed by atoms with Crippen molar-refractivity contribution in [1.29, 1.82) is 0 Å². The Morgan fingerprint density at radius 2 is 2.10 bits per heavy atom. The first kappa shape index (κ1) is 26.0. The second-order valence-electron chi connectivity index (χ2n) is 9.44. The summed E-state index contributed by atoms with van der Waals surface area (Å²) in [6, 6.07) is 3.16. The van der Waals surface area contributed by atoms with Crippen molar-refractivity contribution in [2.24, 2.45) is 0 Å². The van der Waals surface area contributed by atoms with Crippen molar-refractivity contribution < 1.29 is 36.4 Å². The third-order valence-electron chi connectivity index (χ3n) is 6.54. The number of aromatic nitrogens is 2. The second-order valence-corrected chi connectivity index (χ2v) is 11.5. The Morgan fingerprint density at radius 3 is 2.79 bits per heavy atom. The molecule has 0 bridgehead atoms. The molecule has 3 amide bonds. The van der Waals surface area contributed by atoms with Crippen molar-refractivity contribution in [2.75, 3.05) is 25.0 Å². The zero-order chi connectivity index (χ0) is 27.3. The van der Waals surface area contributed by atoms with Crippen molar-refractivity contribution in [2.45, 2.75) is 54.0 Å². The molecule has 2 aromatic heterocycles. The number of hydrogen-bond donors (Lipinski definition) is 3. The summed E-state index contributed by atoms with van der Waals surface area (Å²) in [5.74, 6) is 0.0188. The number of fused-ring (bicyclic) bond motifs is 1. The van der Waals surface area contributed by atoms with Gasteiger partial charge in [0, 0.05) is 23.4 Å². The van der Waals surface area contributed by atoms with Crippen molar-refractivity contribution in [3.63, 3.8) is 0 Å². The van der Waals surface area contributed by atoms with Crippen molar-refractivity contribution in [3.05, 3.63) is 24.1 Å². The number of carbonyl (C=O) groups excluding carboxylic acids is 2. The number of urea groups is 1. The molecule has 0 radical (unpaired) electrons. The lowest BCUT2D eigenvalue weighted by Gasteiger charge is -2.35. The van der Waals surface area contributed by atoms with Crippen LogP contribution in [0.5, 0.6) is 0 Å². The average Bonchev–Trinajstić information content (AvgIpc) is 3.24. The maximum Gasteiger partial charge on any atom is 0.446 e. The van der Waals surface area contributed by atoms with Gasteiger partial charge in [-0.25, -0.2) is 14.0 Å². The molecule has 39 heavy (non-hydrogen) atoms. The molecule has 1 aromatic carbocycles. The van der Waals surface area contributed by atoms with Gasteiger partial charge in [-0.1, -0.05) is 17.3 Å². The maximum absolute atomic E-state index is 15.1. The first-order valence-electron chi connectivity index (χ1n) is 12.2. The molecule has 2 saturated heterocycles. The van der Waals surface area contributed by atoms with Gasteiger partial charge in [0.1, 0.15) is 18.3 Å². The Morgan fingerprint density at radius 1 is 1.28 bits per heavy atom. The Balaban J connectivity index is 1.27. The van der Waals surface area contributed by atoms with Crippen LogP contribution in [0.4, 0.5) is 32.8 Å². The molecule has 3 fully saturated rings. The summed E-state index contributed by atoms with van der Waals surface area (Å²) in [7, 11) is 0. The molecule has 4 heterocycles. The number of halogens is 4. The Bertz CT molecular complexity index is 1410. The van der Waals surface area contributed by atoms with Crippen LogP contribution in [0.3, 0.4) is 0 Å². The maximum atomic E-state index is 15.1. The molecular weight excluding hydrogens is 564 g/mol. The van der Waals surface area contributed by atoms with Crippen molar-refractivity contribution in [1.82, 2.24) is 25.7 Å². The molecule has 1 aliphatic carbocycles. The van der Waals surface area contributed by atoms with Crippen LogP contribution in [-0.2, 0) is 4.74 Å². The fourth-order valence-corrected chi connectivity index (χ4v) is 6.59. The van der Waals surface area contributed by atoms with Gasteiger partial charge in [-0.05, 0) is 37.1 Å². The molecule has 0 unspecified atom stereocenters. The number of rotatable bonds is 6. The minimum Gasteiger partial charge on any atom is -0.446 e. The number of thiophene rings is 1. The number of benzene rings is 1. The van der Waals surface area contributed by atoms with Crippen LogP contribution in [0.25, 0.3) is 20.8 Å². The van der Waals surface area contributed by atoms with E-state index in [4.69, 9.17) is 9.26 Å². The normalized spacial score (nSPS) is 23.5. The third kappa shape index (κ3) is 5.57. The van der Waals surface area contributed by atoms with Gasteiger partial charge in [-0.2, -0.15) is 18.2 Å². The average molecular weight is 587 g/mol. The Hall–Kier alpha value is -3.27. The predicted molar refractivity (Wildman–Crippen MR) is 134 cm³/mol. The standard InChI is InChI=1S/C23H22F4N6O4S2/c24-12-9-33(22(35)36-10-4-5-10)7-6-13(12)29-14-3-1-2-11-16(14)38-18(17(11)39-23(25,26)27)19-31-20(37-32-19)15-8-28-21(34)30-15/h1-3,10,12-13,15,29H,4-9H2,(H2,28,30,34)/t12-,13+,15+/m0/s1. The Labute approximate surface area is 226 Å². The lowest BCUT2D eigenvalue weighted by Crippen LogP contribution is -2.50. The van der Waals surface area contributed by atoms with Crippen LogP contribution in [-0.4, -0.2) is 70.6 Å². The van der Waals surface area contributed by atoms with Crippen LogP contribution < -0.4 is 16.0 Å². The summed E-state index contributed by atoms with van der Waals surface area (Å²) in [5, 5.41) is 12.5. The SMILES string of the molecule is O=C1NC[C@H](c2nc(-c3sc4c(N[C@@H]5CCN(C(=O)OC6CC6)C[C@@H]5F)cccc4c3SC(F)(F)F)no2)N1. The van der Waals surface area contributed by atoms with Crippen LogP contribution in [0.1, 0.15) is 31.2 Å². The largest absolute Gasteiger partial charge is 0.446 e. The van der Waals surface area contributed by atoms with Crippen LogP contribution in [0.2, 0.25) is 0 Å². The van der Waals surface area contributed by atoms with Crippen LogP contribution >= 0.6 is 23.1 Å². The van der Waals surface area contributed by atoms with Gasteiger partial charge in [0.25, 0.3) is 5.89 Å². The minimum absolute atomic E-state index is 0.0455. The van der Waals surface area contributed by atoms with E-state index in [9.17, 15) is 22.8 Å². The van der Waals surface area contributed by atoms with E-state index >= 15 is 4.39 Å². The summed E-state index contributed by atoms with van der Waals surface area (Å²) in [6.45, 7) is 0.359. The Kier molecular flexibility index (Phi) is 6.69. The molecular formula is C23H22F4N6O4S2. The number of carbonyl (C=O) groups is 2. The molecule has 10 nitrogen and oxygen atoms in total. The summed E-state index contributed by atoms with van der Waals surface area (Å²) >= 11 is 0.747. The van der Waals surface area contributed by atoms with E-state index in [1.54, 1.807) is 18.2 Å². The number of ether oxygens (including phenoxy) is 1. The highest BCUT2D eigenvalue weighted by Crippen LogP contribution is 2.50. The summed E-state index contributed by atoms with van der Waals surface area (Å²) in [5.41, 5.74) is -4.13. The van der Waals surface area contributed by atoms with Gasteiger partial charge in [-0.15, -0.1) is 11.3 Å². The van der Waals surface area contributed by atoms with E-state index < -0.39 is 35.9 Å². The molecule has 1 saturated carbocycles. The lowest BCUT2D eigenvalue weighted by molar-refractivity contribution is -0.0327. The molecule has 0 spiro atoms. The minimum atomic E-state index is -4.59. The zero-order valence-electron chi connectivity index (χ0n) is 20.1. The molecule has 3 N–H and O–H groups in total. The van der Waals surface area contributed by atoms with E-state index in [0.717, 1.165) is 24.2 Å². The molecule has 3 aromatic rings. The predicted octanol–water partition coefficient (Wildman–Crippen LogP) is 5.04. The fourth-order valence-electron chi connectivity index (χ4n) is 4.48. The highest BCUT2D eigenvalue weighted by Gasteiger charge is 2.37. The van der Waals surface area contributed by atoms with Crippen molar-refractivity contribution >= 4 is 51.0 Å². The number of thioether (sulfide) groups is 1. The summed E-state index contributed by atoms with van der Waals surface area (Å²) in [6.07, 6.45) is -0.0588. The van der Waals surface area contributed by atoms with Gasteiger partial charge in [0.2, 0.25) is 5.82 Å². The molecule has 6 rings (SSSR count). The topological polar surface area (TPSA) is 122 Å². The van der Waals surface area contributed by atoms with E-state index in [2.05, 4.69) is 26.1 Å². The van der Waals surface area contributed by atoms with E-state index in [1.165, 1.54) is 4.90 Å². The first-order valence-corrected chi connectivity index (χ1v) is 13.8. The second kappa shape index (κ2) is 10.0. The van der Waals surface area contributed by atoms with Gasteiger partial charge >= 0.3 is 17.6 Å². The van der Waals surface area contributed by atoms with Gasteiger partial charge < -0.3 is 30.1 Å². The van der Waals surface area contributed by atoms with Gasteiger partial charge in [0.15, 0.2) is 0 Å².